The van der Waals surface area contributed by atoms with Crippen LogP contribution in [0, 0.1) is 5.92 Å². The van der Waals surface area contributed by atoms with Crippen LogP contribution in [-0.2, 0) is 17.3 Å². The second-order valence-corrected chi connectivity index (χ2v) is 7.88. The van der Waals surface area contributed by atoms with Crippen LogP contribution in [0.15, 0.2) is 16.9 Å². The molecule has 1 aliphatic rings. The van der Waals surface area contributed by atoms with Crippen LogP contribution in [-0.4, -0.2) is 52.1 Å². The highest BCUT2D eigenvalue weighted by molar-refractivity contribution is 7.87. The molecule has 0 spiro atoms. The SMILES string of the molecule is COc1cc2c(N3CC(CCNS(N)(=O)=O)C3)nn(C)c(=O)c2cc1OC. The van der Waals surface area contributed by atoms with Crippen molar-refractivity contribution in [1.82, 2.24) is 14.5 Å². The molecule has 0 unspecified atom stereocenters. The number of aromatic nitrogens is 2. The number of hydrogen-bond donors (Lipinski definition) is 2. The summed E-state index contributed by atoms with van der Waals surface area (Å²) < 4.78 is 36.1. The van der Waals surface area contributed by atoms with Gasteiger partial charge in [-0.15, -0.1) is 0 Å². The third kappa shape index (κ3) is 3.99. The van der Waals surface area contributed by atoms with Crippen molar-refractivity contribution < 1.29 is 17.9 Å². The molecule has 11 heteroatoms. The van der Waals surface area contributed by atoms with Crippen LogP contribution < -0.4 is 29.8 Å². The maximum Gasteiger partial charge on any atom is 0.274 e. The first-order chi connectivity index (χ1) is 12.7. The topological polar surface area (TPSA) is 129 Å². The smallest absolute Gasteiger partial charge is 0.274 e. The molecule has 0 amide bonds. The number of hydrogen-bond acceptors (Lipinski definition) is 7. The number of anilines is 1. The predicted molar refractivity (Wildman–Crippen MR) is 102 cm³/mol. The van der Waals surface area contributed by atoms with E-state index >= 15 is 0 Å². The number of nitrogens with zero attached hydrogens (tertiary/aromatic N) is 3. The fourth-order valence-electron chi connectivity index (χ4n) is 3.22. The second-order valence-electron chi connectivity index (χ2n) is 6.50. The van der Waals surface area contributed by atoms with E-state index in [4.69, 9.17) is 14.6 Å². The van der Waals surface area contributed by atoms with E-state index in [9.17, 15) is 13.2 Å². The molecule has 0 bridgehead atoms. The summed E-state index contributed by atoms with van der Waals surface area (Å²) in [4.78, 5) is 14.5. The Hall–Kier alpha value is -2.37. The molecule has 0 saturated carbocycles. The number of rotatable bonds is 7. The first-order valence-electron chi connectivity index (χ1n) is 8.39. The lowest BCUT2D eigenvalue weighted by Gasteiger charge is -2.40. The van der Waals surface area contributed by atoms with E-state index in [0.29, 0.717) is 60.1 Å². The number of aryl methyl sites for hydroxylation is 1. The van der Waals surface area contributed by atoms with Gasteiger partial charge >= 0.3 is 0 Å². The molecular formula is C16H23N5O5S. The Labute approximate surface area is 157 Å². The third-order valence-corrected chi connectivity index (χ3v) is 5.25. The zero-order valence-electron chi connectivity index (χ0n) is 15.4. The summed E-state index contributed by atoms with van der Waals surface area (Å²) in [6.07, 6.45) is 0.674. The van der Waals surface area contributed by atoms with Crippen molar-refractivity contribution in [3.63, 3.8) is 0 Å². The van der Waals surface area contributed by atoms with Crippen molar-refractivity contribution in [2.45, 2.75) is 6.42 Å². The zero-order chi connectivity index (χ0) is 19.8. The Morgan fingerprint density at radius 1 is 1.22 bits per heavy atom. The Balaban J connectivity index is 1.85. The highest BCUT2D eigenvalue weighted by Gasteiger charge is 2.30. The minimum absolute atomic E-state index is 0.218. The number of methoxy groups -OCH3 is 2. The molecule has 2 heterocycles. The molecule has 1 fully saturated rings. The normalized spacial score (nSPS) is 15.0. The second kappa shape index (κ2) is 7.33. The number of ether oxygens (including phenoxy) is 2. The van der Waals surface area contributed by atoms with E-state index in [1.807, 2.05) is 0 Å². The van der Waals surface area contributed by atoms with Crippen LogP contribution in [0.4, 0.5) is 5.82 Å². The van der Waals surface area contributed by atoms with E-state index < -0.39 is 10.2 Å². The fourth-order valence-corrected chi connectivity index (χ4v) is 3.62. The lowest BCUT2D eigenvalue weighted by atomic mass is 9.96. The van der Waals surface area contributed by atoms with Crippen molar-refractivity contribution in [2.75, 3.05) is 38.8 Å². The number of nitrogens with one attached hydrogen (secondary N) is 1. The van der Waals surface area contributed by atoms with Gasteiger partial charge < -0.3 is 14.4 Å². The molecule has 148 valence electrons. The highest BCUT2D eigenvalue weighted by atomic mass is 32.2. The van der Waals surface area contributed by atoms with E-state index in [0.717, 1.165) is 0 Å². The molecule has 1 aromatic heterocycles. The van der Waals surface area contributed by atoms with Crippen molar-refractivity contribution in [1.29, 1.82) is 0 Å². The average Bonchev–Trinajstić information content (AvgIpc) is 2.58. The largest absolute Gasteiger partial charge is 0.493 e. The number of nitrogens with two attached hydrogens (primary N) is 1. The number of benzene rings is 1. The maximum absolute atomic E-state index is 12.5. The lowest BCUT2D eigenvalue weighted by molar-refractivity contribution is 0.355. The first kappa shape index (κ1) is 19.4. The van der Waals surface area contributed by atoms with Gasteiger partial charge in [0.25, 0.3) is 15.8 Å². The first-order valence-corrected chi connectivity index (χ1v) is 9.93. The van der Waals surface area contributed by atoms with Gasteiger partial charge in [-0.1, -0.05) is 0 Å². The summed E-state index contributed by atoms with van der Waals surface area (Å²) >= 11 is 0. The molecule has 1 aliphatic heterocycles. The Morgan fingerprint density at radius 2 is 1.81 bits per heavy atom. The Bertz CT molecular complexity index is 1010. The summed E-state index contributed by atoms with van der Waals surface area (Å²) in [6.45, 7) is 1.71. The standard InChI is InChI=1S/C16H23N5O5S/c1-20-16(22)12-7-14(26-3)13(25-2)6-11(12)15(19-20)21-8-10(9-21)4-5-18-27(17,23)24/h6-7,10,18H,4-5,8-9H2,1-3H3,(H2,17,23,24). The van der Waals surface area contributed by atoms with Crippen LogP contribution in [0.2, 0.25) is 0 Å². The summed E-state index contributed by atoms with van der Waals surface area (Å²) in [5.74, 6) is 2.00. The fraction of sp³-hybridized carbons (Fsp3) is 0.500. The molecular weight excluding hydrogens is 374 g/mol. The molecule has 1 saturated heterocycles. The monoisotopic (exact) mass is 397 g/mol. The minimum atomic E-state index is -3.66. The quantitative estimate of drug-likeness (QED) is 0.649. The molecule has 2 aromatic rings. The van der Waals surface area contributed by atoms with Crippen LogP contribution in [0.5, 0.6) is 11.5 Å². The summed E-state index contributed by atoms with van der Waals surface area (Å²) in [6, 6.07) is 3.42. The lowest BCUT2D eigenvalue weighted by Crippen LogP contribution is -2.49. The number of fused-ring (bicyclic) bond motifs is 1. The average molecular weight is 397 g/mol. The highest BCUT2D eigenvalue weighted by Crippen LogP contribution is 2.36. The summed E-state index contributed by atoms with van der Waals surface area (Å²) in [5, 5.41) is 10.5. The minimum Gasteiger partial charge on any atom is -0.493 e. The van der Waals surface area contributed by atoms with Crippen LogP contribution in [0.25, 0.3) is 10.8 Å². The zero-order valence-corrected chi connectivity index (χ0v) is 16.2. The Morgan fingerprint density at radius 3 is 2.37 bits per heavy atom. The van der Waals surface area contributed by atoms with Gasteiger partial charge in [0.15, 0.2) is 17.3 Å². The van der Waals surface area contributed by atoms with E-state index in [1.54, 1.807) is 19.2 Å². The molecule has 27 heavy (non-hydrogen) atoms. The van der Waals surface area contributed by atoms with Gasteiger partial charge in [0.05, 0.1) is 19.6 Å². The van der Waals surface area contributed by atoms with Gasteiger partial charge in [0.1, 0.15) is 0 Å². The molecule has 3 rings (SSSR count). The van der Waals surface area contributed by atoms with Gasteiger partial charge in [0.2, 0.25) is 0 Å². The molecule has 0 radical (unpaired) electrons. The molecule has 0 aliphatic carbocycles. The van der Waals surface area contributed by atoms with E-state index in [-0.39, 0.29) is 5.56 Å². The molecule has 10 nitrogen and oxygen atoms in total. The molecule has 1 aromatic carbocycles. The third-order valence-electron chi connectivity index (χ3n) is 4.65. The van der Waals surface area contributed by atoms with Gasteiger partial charge in [-0.05, 0) is 24.5 Å². The van der Waals surface area contributed by atoms with Gasteiger partial charge in [-0.3, -0.25) is 4.79 Å². The summed E-state index contributed by atoms with van der Waals surface area (Å²) in [5.41, 5.74) is -0.218. The maximum atomic E-state index is 12.5. The summed E-state index contributed by atoms with van der Waals surface area (Å²) in [7, 11) is 1.00. The van der Waals surface area contributed by atoms with Gasteiger partial charge in [-0.25, -0.2) is 14.5 Å². The van der Waals surface area contributed by atoms with Crippen LogP contribution in [0.3, 0.4) is 0 Å². The van der Waals surface area contributed by atoms with Gasteiger partial charge in [0, 0.05) is 32.1 Å². The van der Waals surface area contributed by atoms with Crippen molar-refractivity contribution in [3.05, 3.63) is 22.5 Å². The van der Waals surface area contributed by atoms with Crippen molar-refractivity contribution in [2.24, 2.45) is 18.1 Å². The predicted octanol–water partition coefficient (Wildman–Crippen LogP) is -0.430. The molecule has 0 atom stereocenters. The van der Waals surface area contributed by atoms with E-state index in [2.05, 4.69) is 14.7 Å². The van der Waals surface area contributed by atoms with Crippen molar-refractivity contribution >= 4 is 26.8 Å². The van der Waals surface area contributed by atoms with Crippen LogP contribution >= 0.6 is 0 Å². The molecule has 3 N–H and O–H groups in total. The van der Waals surface area contributed by atoms with Gasteiger partial charge in [-0.2, -0.15) is 13.5 Å². The van der Waals surface area contributed by atoms with E-state index in [1.165, 1.54) is 18.9 Å². The Kier molecular flexibility index (Phi) is 5.27. The van der Waals surface area contributed by atoms with Crippen LogP contribution in [0.1, 0.15) is 6.42 Å². The van der Waals surface area contributed by atoms with Crippen molar-refractivity contribution in [3.8, 4) is 11.5 Å².